The fourth-order valence-electron chi connectivity index (χ4n) is 4.58. The van der Waals surface area contributed by atoms with Crippen LogP contribution in [0.1, 0.15) is 24.5 Å². The summed E-state index contributed by atoms with van der Waals surface area (Å²) in [6, 6.07) is 12.6. The molecule has 3 heterocycles. The van der Waals surface area contributed by atoms with E-state index in [1.165, 1.54) is 0 Å². The van der Waals surface area contributed by atoms with Gasteiger partial charge in [-0.05, 0) is 49.3 Å². The highest BCUT2D eigenvalue weighted by Gasteiger charge is 2.26. The molecule has 0 amide bonds. The van der Waals surface area contributed by atoms with Crippen LogP contribution in [0.4, 0.5) is 22.7 Å². The predicted octanol–water partition coefficient (Wildman–Crippen LogP) is 4.08. The molecule has 0 saturated carbocycles. The van der Waals surface area contributed by atoms with E-state index in [0.717, 1.165) is 64.5 Å². The molecule has 7 nitrogen and oxygen atoms in total. The van der Waals surface area contributed by atoms with Gasteiger partial charge in [0.15, 0.2) is 0 Å². The number of anilines is 4. The van der Waals surface area contributed by atoms with E-state index < -0.39 is 6.23 Å². The number of rotatable bonds is 2. The summed E-state index contributed by atoms with van der Waals surface area (Å²) in [6.45, 7) is 3.68. The van der Waals surface area contributed by atoms with Gasteiger partial charge in [0.25, 0.3) is 0 Å². The molecule has 0 saturated heterocycles. The lowest BCUT2D eigenvalue weighted by molar-refractivity contribution is 0.240. The Kier molecular flexibility index (Phi) is 4.87. The minimum atomic E-state index is -0.674. The SMILES string of the molecule is CC1=Cc2c(cccc2N2CCCN(C)c3cc(-c4cnn(C)c4)c(C#N)cc32)NC1O. The summed E-state index contributed by atoms with van der Waals surface area (Å²) in [5.41, 5.74) is 8.46. The Hall–Kier alpha value is -3.76. The van der Waals surface area contributed by atoms with Crippen molar-refractivity contribution >= 4 is 28.8 Å². The number of nitrogens with one attached hydrogen (secondary N) is 1. The highest BCUT2D eigenvalue weighted by atomic mass is 16.3. The topological polar surface area (TPSA) is 80.4 Å². The number of aliphatic hydroxyl groups excluding tert-OH is 1. The number of hydrogen-bond donors (Lipinski definition) is 2. The van der Waals surface area contributed by atoms with Crippen molar-refractivity contribution < 1.29 is 5.11 Å². The Balaban J connectivity index is 1.70. The summed E-state index contributed by atoms with van der Waals surface area (Å²) in [5, 5.41) is 27.7. The average molecular weight is 427 g/mol. The highest BCUT2D eigenvalue weighted by molar-refractivity contribution is 5.90. The van der Waals surface area contributed by atoms with Crippen molar-refractivity contribution in [2.24, 2.45) is 7.05 Å². The maximum absolute atomic E-state index is 10.2. The summed E-state index contributed by atoms with van der Waals surface area (Å²) in [4.78, 5) is 4.56. The van der Waals surface area contributed by atoms with Crippen molar-refractivity contribution in [1.29, 1.82) is 5.26 Å². The van der Waals surface area contributed by atoms with Gasteiger partial charge < -0.3 is 20.2 Å². The first-order chi connectivity index (χ1) is 15.5. The predicted molar refractivity (Wildman–Crippen MR) is 128 cm³/mol. The standard InChI is InChI=1S/C25H26N6O/c1-16-10-20-21(28-25(16)32)6-4-7-22(20)31-9-5-8-29(2)23-12-19(17(13-26)11-24(23)31)18-14-27-30(3)15-18/h4,6-7,10-12,14-15,25,28,32H,5,8-9H2,1-3H3. The van der Waals surface area contributed by atoms with Crippen LogP contribution in [0.25, 0.3) is 17.2 Å². The van der Waals surface area contributed by atoms with Crippen LogP contribution in [0.2, 0.25) is 0 Å². The maximum Gasteiger partial charge on any atom is 0.146 e. The summed E-state index contributed by atoms with van der Waals surface area (Å²) in [6.07, 6.45) is 6.10. The number of aliphatic hydroxyl groups is 1. The van der Waals surface area contributed by atoms with Gasteiger partial charge in [0.2, 0.25) is 0 Å². The van der Waals surface area contributed by atoms with Gasteiger partial charge in [-0.1, -0.05) is 6.07 Å². The van der Waals surface area contributed by atoms with E-state index in [4.69, 9.17) is 0 Å². The zero-order chi connectivity index (χ0) is 22.4. The third-order valence-corrected chi connectivity index (χ3v) is 6.30. The molecule has 5 rings (SSSR count). The lowest BCUT2D eigenvalue weighted by Crippen LogP contribution is -2.25. The number of nitriles is 1. The molecule has 32 heavy (non-hydrogen) atoms. The third kappa shape index (κ3) is 3.29. The largest absolute Gasteiger partial charge is 0.373 e. The molecule has 0 spiro atoms. The van der Waals surface area contributed by atoms with Crippen molar-refractivity contribution in [2.45, 2.75) is 19.6 Å². The van der Waals surface area contributed by atoms with E-state index in [9.17, 15) is 10.4 Å². The lowest BCUT2D eigenvalue weighted by Gasteiger charge is -2.31. The van der Waals surface area contributed by atoms with Gasteiger partial charge in [-0.3, -0.25) is 4.68 Å². The first kappa shape index (κ1) is 20.2. The van der Waals surface area contributed by atoms with Gasteiger partial charge in [-0.25, -0.2) is 0 Å². The van der Waals surface area contributed by atoms with Crippen molar-refractivity contribution in [2.75, 3.05) is 35.3 Å². The molecule has 3 aromatic rings. The van der Waals surface area contributed by atoms with Crippen LogP contribution in [0.15, 0.2) is 48.3 Å². The van der Waals surface area contributed by atoms with E-state index in [0.29, 0.717) is 5.56 Å². The smallest absolute Gasteiger partial charge is 0.146 e. The van der Waals surface area contributed by atoms with Crippen molar-refractivity contribution in [3.8, 4) is 17.2 Å². The van der Waals surface area contributed by atoms with Crippen molar-refractivity contribution in [1.82, 2.24) is 9.78 Å². The van der Waals surface area contributed by atoms with Crippen LogP contribution in [0, 0.1) is 11.3 Å². The quantitative estimate of drug-likeness (QED) is 0.643. The Labute approximate surface area is 187 Å². The minimum absolute atomic E-state index is 0.627. The zero-order valence-corrected chi connectivity index (χ0v) is 18.5. The number of aryl methyl sites for hydroxylation is 1. The Morgan fingerprint density at radius 3 is 2.75 bits per heavy atom. The summed E-state index contributed by atoms with van der Waals surface area (Å²) >= 11 is 0. The Morgan fingerprint density at radius 1 is 1.16 bits per heavy atom. The number of benzene rings is 2. The molecule has 1 atom stereocenters. The minimum Gasteiger partial charge on any atom is -0.373 e. The van der Waals surface area contributed by atoms with Crippen LogP contribution in [0.5, 0.6) is 0 Å². The molecule has 0 fully saturated rings. The number of nitrogens with zero attached hydrogens (tertiary/aromatic N) is 5. The molecule has 2 aliphatic heterocycles. The molecule has 2 N–H and O–H groups in total. The number of fused-ring (bicyclic) bond motifs is 2. The summed E-state index contributed by atoms with van der Waals surface area (Å²) in [7, 11) is 3.98. The Morgan fingerprint density at radius 2 is 2.00 bits per heavy atom. The van der Waals surface area contributed by atoms with Crippen LogP contribution in [-0.4, -0.2) is 41.3 Å². The van der Waals surface area contributed by atoms with Gasteiger partial charge in [0.1, 0.15) is 6.23 Å². The molecule has 2 aliphatic rings. The molecule has 0 bridgehead atoms. The van der Waals surface area contributed by atoms with Crippen molar-refractivity contribution in [3.63, 3.8) is 0 Å². The molecule has 1 aromatic heterocycles. The summed E-state index contributed by atoms with van der Waals surface area (Å²) < 4.78 is 1.75. The first-order valence-electron chi connectivity index (χ1n) is 10.8. The fourth-order valence-corrected chi connectivity index (χ4v) is 4.58. The molecule has 0 radical (unpaired) electrons. The molecular formula is C25H26N6O. The highest BCUT2D eigenvalue weighted by Crippen LogP contribution is 2.44. The second-order valence-corrected chi connectivity index (χ2v) is 8.50. The lowest BCUT2D eigenvalue weighted by atomic mass is 9.98. The van der Waals surface area contributed by atoms with Crippen LogP contribution < -0.4 is 15.1 Å². The average Bonchev–Trinajstić information content (AvgIpc) is 3.15. The second-order valence-electron chi connectivity index (χ2n) is 8.50. The van der Waals surface area contributed by atoms with Crippen LogP contribution in [0.3, 0.4) is 0 Å². The zero-order valence-electron chi connectivity index (χ0n) is 18.5. The van der Waals surface area contributed by atoms with E-state index in [2.05, 4.69) is 51.5 Å². The second kappa shape index (κ2) is 7.74. The monoisotopic (exact) mass is 426 g/mol. The molecule has 2 aromatic carbocycles. The number of aromatic nitrogens is 2. The summed E-state index contributed by atoms with van der Waals surface area (Å²) in [5.74, 6) is 0. The van der Waals surface area contributed by atoms with Gasteiger partial charge >= 0.3 is 0 Å². The van der Waals surface area contributed by atoms with Crippen LogP contribution >= 0.6 is 0 Å². The molecular weight excluding hydrogens is 400 g/mol. The van der Waals surface area contributed by atoms with E-state index >= 15 is 0 Å². The van der Waals surface area contributed by atoms with Gasteiger partial charge in [-0.2, -0.15) is 10.4 Å². The Bertz CT molecular complexity index is 1270. The molecule has 162 valence electrons. The maximum atomic E-state index is 10.2. The van der Waals surface area contributed by atoms with Gasteiger partial charge in [0.05, 0.1) is 34.9 Å². The number of hydrogen-bond acceptors (Lipinski definition) is 6. The normalized spacial score (nSPS) is 17.6. The van der Waals surface area contributed by atoms with Gasteiger partial charge in [-0.15, -0.1) is 0 Å². The van der Waals surface area contributed by atoms with E-state index in [1.54, 1.807) is 10.9 Å². The molecule has 7 heteroatoms. The first-order valence-corrected chi connectivity index (χ1v) is 10.8. The molecule has 1 unspecified atom stereocenters. The van der Waals surface area contributed by atoms with Crippen molar-refractivity contribution in [3.05, 3.63) is 59.4 Å². The van der Waals surface area contributed by atoms with Gasteiger partial charge in [0, 0.05) is 55.8 Å². The van der Waals surface area contributed by atoms with E-state index in [1.807, 2.05) is 38.4 Å². The molecule has 0 aliphatic carbocycles. The van der Waals surface area contributed by atoms with Crippen LogP contribution in [-0.2, 0) is 7.05 Å². The van der Waals surface area contributed by atoms with E-state index in [-0.39, 0.29) is 0 Å². The third-order valence-electron chi connectivity index (χ3n) is 6.30. The fraction of sp³-hybridized carbons (Fsp3) is 0.280.